The minimum absolute atomic E-state index is 0.0741. The lowest BCUT2D eigenvalue weighted by atomic mass is 10.1. The summed E-state index contributed by atoms with van der Waals surface area (Å²) < 4.78 is 42.9. The van der Waals surface area contributed by atoms with E-state index in [1.54, 1.807) is 22.6 Å². The summed E-state index contributed by atoms with van der Waals surface area (Å²) in [5.74, 6) is -1.96. The summed E-state index contributed by atoms with van der Waals surface area (Å²) in [5.41, 5.74) is -0.910. The summed E-state index contributed by atoms with van der Waals surface area (Å²) in [7, 11) is 1.13. The molecule has 0 aliphatic rings. The van der Waals surface area contributed by atoms with Crippen molar-refractivity contribution >= 4 is 28.6 Å². The van der Waals surface area contributed by atoms with Gasteiger partial charge in [0.2, 0.25) is 5.95 Å². The Bertz CT molecular complexity index is 412. The predicted molar refractivity (Wildman–Crippen MR) is 57.6 cm³/mol. The summed E-state index contributed by atoms with van der Waals surface area (Å²) in [6.45, 7) is 0. The highest BCUT2D eigenvalue weighted by Gasteiger charge is 2.23. The van der Waals surface area contributed by atoms with Gasteiger partial charge in [0, 0.05) is 9.77 Å². The van der Waals surface area contributed by atoms with Crippen LogP contribution in [0.25, 0.3) is 0 Å². The van der Waals surface area contributed by atoms with Gasteiger partial charge in [-0.1, -0.05) is 0 Å². The average Bonchev–Trinajstić information content (AvgIpc) is 2.22. The van der Waals surface area contributed by atoms with Crippen molar-refractivity contribution < 1.29 is 22.7 Å². The number of hydrogen-bond acceptors (Lipinski definition) is 3. The fourth-order valence-corrected chi connectivity index (χ4v) is 1.75. The van der Waals surface area contributed by atoms with Gasteiger partial charge in [0.25, 0.3) is 6.43 Å². The maximum absolute atomic E-state index is 13.1. The van der Waals surface area contributed by atoms with Crippen LogP contribution in [0.4, 0.5) is 13.2 Å². The number of aromatic nitrogens is 1. The van der Waals surface area contributed by atoms with Gasteiger partial charge in [-0.15, -0.1) is 0 Å². The van der Waals surface area contributed by atoms with Crippen molar-refractivity contribution in [3.8, 4) is 0 Å². The van der Waals surface area contributed by atoms with Crippen molar-refractivity contribution in [3.63, 3.8) is 0 Å². The molecule has 0 saturated heterocycles. The number of halogens is 4. The monoisotopic (exact) mass is 345 g/mol. The summed E-state index contributed by atoms with van der Waals surface area (Å²) in [6.07, 6.45) is -2.31. The van der Waals surface area contributed by atoms with Crippen molar-refractivity contribution in [3.05, 3.63) is 26.8 Å². The maximum Gasteiger partial charge on any atom is 0.310 e. The van der Waals surface area contributed by atoms with E-state index in [0.29, 0.717) is 3.57 Å². The van der Waals surface area contributed by atoms with Crippen molar-refractivity contribution in [2.75, 3.05) is 7.11 Å². The van der Waals surface area contributed by atoms with Gasteiger partial charge in [-0.25, -0.2) is 13.8 Å². The van der Waals surface area contributed by atoms with Crippen LogP contribution in [0, 0.1) is 9.52 Å². The molecule has 88 valence electrons. The molecule has 1 aromatic rings. The summed E-state index contributed by atoms with van der Waals surface area (Å²) in [5, 5.41) is 0. The van der Waals surface area contributed by atoms with E-state index in [0.717, 1.165) is 13.3 Å². The molecule has 1 heterocycles. The van der Waals surface area contributed by atoms with Crippen molar-refractivity contribution in [2.45, 2.75) is 12.8 Å². The first-order chi connectivity index (χ1) is 7.47. The van der Waals surface area contributed by atoms with Gasteiger partial charge in [-0.2, -0.15) is 4.39 Å². The molecule has 0 radical (unpaired) electrons. The number of carbonyl (C=O) groups excluding carboxylic acids is 1. The Labute approximate surface area is 103 Å². The van der Waals surface area contributed by atoms with E-state index in [4.69, 9.17) is 0 Å². The minimum atomic E-state index is -3.01. The van der Waals surface area contributed by atoms with Gasteiger partial charge < -0.3 is 4.74 Å². The van der Waals surface area contributed by atoms with E-state index < -0.39 is 30.3 Å². The van der Waals surface area contributed by atoms with Gasteiger partial charge in [0.05, 0.1) is 19.1 Å². The molecule has 1 aromatic heterocycles. The number of carbonyl (C=O) groups is 1. The second-order valence-corrected chi connectivity index (χ2v) is 4.00. The largest absolute Gasteiger partial charge is 0.469 e. The standard InChI is InChI=1S/C9H7F3INO2/c1-16-6(15)2-4-5(13)3-14-9(12)7(4)8(10)11/h3,8H,2H2,1H3. The summed E-state index contributed by atoms with van der Waals surface area (Å²) in [6, 6.07) is 0. The van der Waals surface area contributed by atoms with Crippen LogP contribution in [0.3, 0.4) is 0 Å². The fraction of sp³-hybridized carbons (Fsp3) is 0.333. The molecular weight excluding hydrogens is 338 g/mol. The lowest BCUT2D eigenvalue weighted by Gasteiger charge is -2.10. The topological polar surface area (TPSA) is 39.2 Å². The number of pyridine rings is 1. The van der Waals surface area contributed by atoms with E-state index in [9.17, 15) is 18.0 Å². The van der Waals surface area contributed by atoms with E-state index in [1.165, 1.54) is 0 Å². The normalized spacial score (nSPS) is 10.6. The number of alkyl halides is 2. The van der Waals surface area contributed by atoms with Crippen LogP contribution in [-0.2, 0) is 16.0 Å². The molecule has 0 spiro atoms. The molecule has 0 N–H and O–H groups in total. The molecule has 0 aromatic carbocycles. The first-order valence-corrected chi connectivity index (χ1v) is 5.23. The SMILES string of the molecule is COC(=O)Cc1c(I)cnc(F)c1C(F)F. The van der Waals surface area contributed by atoms with E-state index in [1.807, 2.05) is 0 Å². The summed E-state index contributed by atoms with van der Waals surface area (Å²) in [4.78, 5) is 14.2. The Morgan fingerprint density at radius 3 is 2.75 bits per heavy atom. The van der Waals surface area contributed by atoms with Crippen LogP contribution >= 0.6 is 22.6 Å². The molecule has 0 unspecified atom stereocenters. The molecule has 3 nitrogen and oxygen atoms in total. The molecule has 0 aliphatic carbocycles. The van der Waals surface area contributed by atoms with Crippen LogP contribution in [-0.4, -0.2) is 18.1 Å². The zero-order chi connectivity index (χ0) is 12.3. The highest BCUT2D eigenvalue weighted by atomic mass is 127. The third kappa shape index (κ3) is 2.83. The van der Waals surface area contributed by atoms with Crippen LogP contribution in [0.1, 0.15) is 17.6 Å². The predicted octanol–water partition coefficient (Wildman–Crippen LogP) is 2.48. The van der Waals surface area contributed by atoms with Crippen molar-refractivity contribution in [1.29, 1.82) is 0 Å². The van der Waals surface area contributed by atoms with E-state index in [-0.39, 0.29) is 5.56 Å². The number of methoxy groups -OCH3 is 1. The lowest BCUT2D eigenvalue weighted by molar-refractivity contribution is -0.139. The van der Waals surface area contributed by atoms with Crippen LogP contribution in [0.2, 0.25) is 0 Å². The molecule has 0 atom stereocenters. The number of esters is 1. The van der Waals surface area contributed by atoms with Gasteiger partial charge in [0.1, 0.15) is 0 Å². The zero-order valence-electron chi connectivity index (χ0n) is 8.14. The third-order valence-electron chi connectivity index (χ3n) is 1.89. The number of nitrogens with zero attached hydrogens (tertiary/aromatic N) is 1. The zero-order valence-corrected chi connectivity index (χ0v) is 10.3. The van der Waals surface area contributed by atoms with Gasteiger partial charge in [-0.05, 0) is 28.2 Å². The molecule has 0 amide bonds. The fourth-order valence-electron chi connectivity index (χ4n) is 1.13. The molecular formula is C9H7F3INO2. The van der Waals surface area contributed by atoms with Gasteiger partial charge in [-0.3, -0.25) is 4.79 Å². The van der Waals surface area contributed by atoms with Crippen LogP contribution in [0.5, 0.6) is 0 Å². The molecule has 16 heavy (non-hydrogen) atoms. The third-order valence-corrected chi connectivity index (χ3v) is 2.82. The van der Waals surface area contributed by atoms with Gasteiger partial charge in [0.15, 0.2) is 0 Å². The van der Waals surface area contributed by atoms with Crippen molar-refractivity contribution in [2.24, 2.45) is 0 Å². The lowest BCUT2D eigenvalue weighted by Crippen LogP contribution is -2.11. The molecule has 0 fully saturated rings. The molecule has 0 saturated carbocycles. The Balaban J connectivity index is 3.23. The smallest absolute Gasteiger partial charge is 0.310 e. The highest BCUT2D eigenvalue weighted by molar-refractivity contribution is 14.1. The van der Waals surface area contributed by atoms with Crippen LogP contribution in [0.15, 0.2) is 6.20 Å². The highest BCUT2D eigenvalue weighted by Crippen LogP contribution is 2.28. The first-order valence-electron chi connectivity index (χ1n) is 4.15. The molecule has 7 heteroatoms. The van der Waals surface area contributed by atoms with Crippen molar-refractivity contribution in [1.82, 2.24) is 4.98 Å². The average molecular weight is 345 g/mol. The number of hydrogen-bond donors (Lipinski definition) is 0. The second-order valence-electron chi connectivity index (χ2n) is 2.84. The minimum Gasteiger partial charge on any atom is -0.469 e. The number of rotatable bonds is 3. The number of ether oxygens (including phenoxy) is 1. The Morgan fingerprint density at radius 1 is 1.62 bits per heavy atom. The van der Waals surface area contributed by atoms with Crippen LogP contribution < -0.4 is 0 Å². The maximum atomic E-state index is 13.1. The van der Waals surface area contributed by atoms with Gasteiger partial charge >= 0.3 is 5.97 Å². The molecule has 0 bridgehead atoms. The van der Waals surface area contributed by atoms with E-state index >= 15 is 0 Å². The molecule has 1 rings (SSSR count). The second kappa shape index (κ2) is 5.46. The Hall–Kier alpha value is -0.860. The van der Waals surface area contributed by atoms with E-state index in [2.05, 4.69) is 9.72 Å². The first kappa shape index (κ1) is 13.2. The Kier molecular flexibility index (Phi) is 4.51. The quantitative estimate of drug-likeness (QED) is 0.480. The summed E-state index contributed by atoms with van der Waals surface area (Å²) >= 11 is 1.72. The Morgan fingerprint density at radius 2 is 2.25 bits per heavy atom. The molecule has 0 aliphatic heterocycles.